The molecule has 7 heteroatoms. The number of methoxy groups -OCH3 is 1. The zero-order chi connectivity index (χ0) is 16.2. The summed E-state index contributed by atoms with van der Waals surface area (Å²) in [6, 6.07) is 3.78. The van der Waals surface area contributed by atoms with Gasteiger partial charge in [-0.1, -0.05) is 0 Å². The number of aromatic nitrogens is 2. The molecule has 0 radical (unpaired) electrons. The second-order valence-electron chi connectivity index (χ2n) is 5.45. The molecule has 0 saturated heterocycles. The van der Waals surface area contributed by atoms with E-state index in [-0.39, 0.29) is 13.4 Å². The molecular formula is C16H21N3O4. The Hall–Kier alpha value is -2.25. The molecular weight excluding hydrogens is 298 g/mol. The number of aromatic amines is 1. The van der Waals surface area contributed by atoms with Crippen molar-refractivity contribution in [1.29, 1.82) is 0 Å². The third-order valence-corrected chi connectivity index (χ3v) is 3.74. The highest BCUT2D eigenvalue weighted by molar-refractivity contribution is 5.51. The van der Waals surface area contributed by atoms with E-state index in [1.807, 2.05) is 25.3 Å². The van der Waals surface area contributed by atoms with Gasteiger partial charge in [-0.05, 0) is 13.0 Å². The summed E-state index contributed by atoms with van der Waals surface area (Å²) in [6.07, 6.45) is 1.82. The number of nitrogens with one attached hydrogen (secondary N) is 1. The zero-order valence-corrected chi connectivity index (χ0v) is 13.3. The number of hydrogen-bond acceptors (Lipinski definition) is 6. The Morgan fingerprint density at radius 1 is 1.30 bits per heavy atom. The molecule has 0 amide bonds. The van der Waals surface area contributed by atoms with Crippen molar-refractivity contribution >= 4 is 0 Å². The predicted molar refractivity (Wildman–Crippen MR) is 83.6 cm³/mol. The van der Waals surface area contributed by atoms with E-state index in [4.69, 9.17) is 14.2 Å². The third-order valence-electron chi connectivity index (χ3n) is 3.74. The van der Waals surface area contributed by atoms with Crippen molar-refractivity contribution in [1.82, 2.24) is 14.9 Å². The van der Waals surface area contributed by atoms with Gasteiger partial charge in [0.1, 0.15) is 11.6 Å². The number of benzene rings is 1. The van der Waals surface area contributed by atoms with Crippen LogP contribution in [0.3, 0.4) is 0 Å². The van der Waals surface area contributed by atoms with Gasteiger partial charge < -0.3 is 24.3 Å². The lowest BCUT2D eigenvalue weighted by molar-refractivity contribution is 0.173. The van der Waals surface area contributed by atoms with Gasteiger partial charge in [-0.3, -0.25) is 4.90 Å². The number of rotatable bonds is 7. The van der Waals surface area contributed by atoms with Crippen LogP contribution in [0.4, 0.5) is 0 Å². The maximum absolute atomic E-state index is 9.34. The lowest BCUT2D eigenvalue weighted by atomic mass is 10.1. The highest BCUT2D eigenvalue weighted by Gasteiger charge is 2.19. The van der Waals surface area contributed by atoms with Crippen LogP contribution in [0.15, 0.2) is 18.3 Å². The first kappa shape index (κ1) is 15.6. The summed E-state index contributed by atoms with van der Waals surface area (Å²) >= 11 is 0. The van der Waals surface area contributed by atoms with E-state index in [0.29, 0.717) is 25.4 Å². The number of aliphatic hydroxyl groups excluding tert-OH is 1. The minimum Gasteiger partial charge on any atom is -0.496 e. The number of nitrogens with zero attached hydrogens (tertiary/aromatic N) is 2. The molecule has 0 saturated carbocycles. The predicted octanol–water partition coefficient (Wildman–Crippen LogP) is 1.45. The Balaban J connectivity index is 1.79. The summed E-state index contributed by atoms with van der Waals surface area (Å²) in [6.45, 7) is 4.07. The summed E-state index contributed by atoms with van der Waals surface area (Å²) in [7, 11) is 1.63. The van der Waals surface area contributed by atoms with Crippen molar-refractivity contribution in [3.8, 4) is 17.2 Å². The molecule has 2 N–H and O–H groups in total. The van der Waals surface area contributed by atoms with Crippen LogP contribution >= 0.6 is 0 Å². The van der Waals surface area contributed by atoms with Gasteiger partial charge in [0.15, 0.2) is 11.5 Å². The number of aliphatic hydroxyl groups is 1. The maximum atomic E-state index is 9.34. The zero-order valence-electron chi connectivity index (χ0n) is 13.3. The maximum Gasteiger partial charge on any atom is 0.231 e. The fourth-order valence-corrected chi connectivity index (χ4v) is 2.67. The number of hydrogen-bond donors (Lipinski definition) is 2. The molecule has 0 spiro atoms. The molecule has 3 rings (SSSR count). The fraction of sp³-hybridized carbons (Fsp3) is 0.438. The summed E-state index contributed by atoms with van der Waals surface area (Å²) in [5.41, 5.74) is 2.00. The lowest BCUT2D eigenvalue weighted by Gasteiger charge is -2.22. The molecule has 1 aromatic heterocycles. The average molecular weight is 319 g/mol. The molecule has 0 atom stereocenters. The summed E-state index contributed by atoms with van der Waals surface area (Å²) in [5, 5.41) is 9.34. The summed E-state index contributed by atoms with van der Waals surface area (Å²) < 4.78 is 16.3. The molecule has 7 nitrogen and oxygen atoms in total. The molecule has 124 valence electrons. The highest BCUT2D eigenvalue weighted by atomic mass is 16.7. The van der Waals surface area contributed by atoms with Crippen LogP contribution in [-0.2, 0) is 13.1 Å². The Bertz CT molecular complexity index is 671. The largest absolute Gasteiger partial charge is 0.496 e. The van der Waals surface area contributed by atoms with Gasteiger partial charge in [-0.2, -0.15) is 0 Å². The standard InChI is InChI=1S/C16H21N3O4/c1-11-17-7-13(18-11)9-19(3-4-20)8-12-5-15-16(23-10-22-15)6-14(12)21-2/h5-7,20H,3-4,8-10H2,1-2H3,(H,17,18). The number of fused-ring (bicyclic) bond motifs is 1. The van der Waals surface area contributed by atoms with E-state index in [1.165, 1.54) is 0 Å². The number of imidazole rings is 1. The molecule has 0 aliphatic carbocycles. The van der Waals surface area contributed by atoms with E-state index in [0.717, 1.165) is 28.6 Å². The van der Waals surface area contributed by atoms with E-state index in [9.17, 15) is 5.11 Å². The Labute approximate surface area is 134 Å². The van der Waals surface area contributed by atoms with E-state index in [1.54, 1.807) is 7.11 Å². The smallest absolute Gasteiger partial charge is 0.231 e. The summed E-state index contributed by atoms with van der Waals surface area (Å²) in [5.74, 6) is 3.05. The van der Waals surface area contributed by atoms with Gasteiger partial charge in [0, 0.05) is 43.2 Å². The topological polar surface area (TPSA) is 79.8 Å². The van der Waals surface area contributed by atoms with Crippen LogP contribution in [-0.4, -0.2) is 47.0 Å². The van der Waals surface area contributed by atoms with Crippen LogP contribution in [0.5, 0.6) is 17.2 Å². The van der Waals surface area contributed by atoms with Gasteiger partial charge >= 0.3 is 0 Å². The Morgan fingerprint density at radius 3 is 2.74 bits per heavy atom. The second kappa shape index (κ2) is 6.89. The van der Waals surface area contributed by atoms with Crippen LogP contribution in [0, 0.1) is 6.92 Å². The molecule has 0 bridgehead atoms. The van der Waals surface area contributed by atoms with Crippen molar-refractivity contribution < 1.29 is 19.3 Å². The van der Waals surface area contributed by atoms with Crippen molar-refractivity contribution in [3.63, 3.8) is 0 Å². The Kier molecular flexibility index (Phi) is 4.68. The normalized spacial score (nSPS) is 12.9. The van der Waals surface area contributed by atoms with Gasteiger partial charge in [0.05, 0.1) is 13.7 Å². The molecule has 2 heterocycles. The molecule has 2 aromatic rings. The third kappa shape index (κ3) is 3.57. The number of aryl methyl sites for hydroxylation is 1. The minimum atomic E-state index is 0.0833. The summed E-state index contributed by atoms with van der Waals surface area (Å²) in [4.78, 5) is 9.54. The Morgan fingerprint density at radius 2 is 2.09 bits per heavy atom. The molecule has 23 heavy (non-hydrogen) atoms. The van der Waals surface area contributed by atoms with Crippen LogP contribution < -0.4 is 14.2 Å². The van der Waals surface area contributed by atoms with E-state index in [2.05, 4.69) is 14.9 Å². The molecule has 1 aliphatic rings. The van der Waals surface area contributed by atoms with Crippen molar-refractivity contribution in [2.24, 2.45) is 0 Å². The fourth-order valence-electron chi connectivity index (χ4n) is 2.67. The molecule has 1 aromatic carbocycles. The van der Waals surface area contributed by atoms with Gasteiger partial charge in [0.25, 0.3) is 0 Å². The van der Waals surface area contributed by atoms with Crippen LogP contribution in [0.1, 0.15) is 17.1 Å². The van der Waals surface area contributed by atoms with Crippen molar-refractivity contribution in [3.05, 3.63) is 35.4 Å². The first-order chi connectivity index (χ1) is 11.2. The molecule has 0 unspecified atom stereocenters. The first-order valence-electron chi connectivity index (χ1n) is 7.50. The SMILES string of the molecule is COc1cc2c(cc1CN(CCO)Cc1cnc(C)[nH]1)OCO2. The van der Waals surface area contributed by atoms with Crippen molar-refractivity contribution in [2.75, 3.05) is 27.1 Å². The molecule has 1 aliphatic heterocycles. The minimum absolute atomic E-state index is 0.0833. The lowest BCUT2D eigenvalue weighted by Crippen LogP contribution is -2.26. The van der Waals surface area contributed by atoms with Crippen molar-refractivity contribution in [2.45, 2.75) is 20.0 Å². The van der Waals surface area contributed by atoms with E-state index >= 15 is 0 Å². The first-order valence-corrected chi connectivity index (χ1v) is 7.50. The van der Waals surface area contributed by atoms with Crippen LogP contribution in [0.25, 0.3) is 0 Å². The number of H-pyrrole nitrogens is 1. The number of ether oxygens (including phenoxy) is 3. The van der Waals surface area contributed by atoms with E-state index < -0.39 is 0 Å². The quantitative estimate of drug-likeness (QED) is 0.804. The second-order valence-corrected chi connectivity index (χ2v) is 5.45. The highest BCUT2D eigenvalue weighted by Crippen LogP contribution is 2.38. The monoisotopic (exact) mass is 319 g/mol. The molecule has 0 fully saturated rings. The average Bonchev–Trinajstić information content (AvgIpc) is 3.15. The van der Waals surface area contributed by atoms with Gasteiger partial charge in [-0.15, -0.1) is 0 Å². The van der Waals surface area contributed by atoms with Crippen LogP contribution in [0.2, 0.25) is 0 Å². The van der Waals surface area contributed by atoms with Gasteiger partial charge in [0.2, 0.25) is 6.79 Å². The van der Waals surface area contributed by atoms with Gasteiger partial charge in [-0.25, -0.2) is 4.98 Å².